The Hall–Kier alpha value is -1.74. The predicted octanol–water partition coefficient (Wildman–Crippen LogP) is 3.57. The third-order valence-corrected chi connectivity index (χ3v) is 3.30. The van der Waals surface area contributed by atoms with E-state index in [2.05, 4.69) is 25.2 Å². The predicted molar refractivity (Wildman–Crippen MR) is 76.4 cm³/mol. The summed E-state index contributed by atoms with van der Waals surface area (Å²) in [7, 11) is 1.71. The molecule has 0 amide bonds. The first-order valence-electron chi connectivity index (χ1n) is 6.60. The van der Waals surface area contributed by atoms with E-state index < -0.39 is 0 Å². The number of hydrogen-bond donors (Lipinski definition) is 1. The molecule has 2 atom stereocenters. The Morgan fingerprint density at radius 1 is 1.21 bits per heavy atom. The largest absolute Gasteiger partial charge is 0.496 e. The van der Waals surface area contributed by atoms with Gasteiger partial charge in [0.25, 0.3) is 0 Å². The quantitative estimate of drug-likeness (QED) is 0.861. The van der Waals surface area contributed by atoms with Crippen LogP contribution in [0.15, 0.2) is 47.3 Å². The molecular weight excluding hydrogens is 238 g/mol. The fourth-order valence-electron chi connectivity index (χ4n) is 2.30. The van der Waals surface area contributed by atoms with Crippen molar-refractivity contribution in [3.05, 3.63) is 54.0 Å². The molecule has 3 heteroatoms. The van der Waals surface area contributed by atoms with Crippen LogP contribution in [0, 0.1) is 0 Å². The van der Waals surface area contributed by atoms with Crippen LogP contribution in [0.2, 0.25) is 0 Å². The molecule has 0 aliphatic rings. The van der Waals surface area contributed by atoms with Crippen molar-refractivity contribution in [3.63, 3.8) is 0 Å². The van der Waals surface area contributed by atoms with Crippen molar-refractivity contribution in [1.29, 1.82) is 0 Å². The summed E-state index contributed by atoms with van der Waals surface area (Å²) >= 11 is 0. The normalized spacial score (nSPS) is 14.1. The Bertz CT molecular complexity index is 493. The molecule has 19 heavy (non-hydrogen) atoms. The Kier molecular flexibility index (Phi) is 4.63. The number of hydrogen-bond acceptors (Lipinski definition) is 3. The zero-order chi connectivity index (χ0) is 13.7. The number of benzene rings is 1. The van der Waals surface area contributed by atoms with Gasteiger partial charge in [-0.3, -0.25) is 0 Å². The number of ether oxygens (including phenoxy) is 1. The van der Waals surface area contributed by atoms with Crippen LogP contribution in [0.25, 0.3) is 0 Å². The summed E-state index contributed by atoms with van der Waals surface area (Å²) in [5.74, 6) is 0.951. The molecule has 0 saturated carbocycles. The van der Waals surface area contributed by atoms with Gasteiger partial charge in [0.2, 0.25) is 0 Å². The van der Waals surface area contributed by atoms with Gasteiger partial charge in [0.05, 0.1) is 19.6 Å². The summed E-state index contributed by atoms with van der Waals surface area (Å²) in [5, 5.41) is 3.57. The minimum Gasteiger partial charge on any atom is -0.496 e. The van der Waals surface area contributed by atoms with Crippen molar-refractivity contribution in [1.82, 2.24) is 5.32 Å². The van der Waals surface area contributed by atoms with E-state index in [-0.39, 0.29) is 6.04 Å². The van der Waals surface area contributed by atoms with Crippen molar-refractivity contribution < 1.29 is 9.15 Å². The maximum Gasteiger partial charge on any atom is 0.122 e. The maximum atomic E-state index is 5.38. The topological polar surface area (TPSA) is 34.4 Å². The SMILES string of the molecule is COc1ccccc1CC(C)NC(C)c1ccoc1. The van der Waals surface area contributed by atoms with E-state index in [0.29, 0.717) is 6.04 Å². The van der Waals surface area contributed by atoms with Gasteiger partial charge in [0.1, 0.15) is 5.75 Å². The highest BCUT2D eigenvalue weighted by molar-refractivity contribution is 5.33. The number of para-hydroxylation sites is 1. The van der Waals surface area contributed by atoms with Gasteiger partial charge in [-0.1, -0.05) is 18.2 Å². The number of rotatable bonds is 6. The lowest BCUT2D eigenvalue weighted by Gasteiger charge is -2.20. The first-order valence-corrected chi connectivity index (χ1v) is 6.60. The van der Waals surface area contributed by atoms with Gasteiger partial charge < -0.3 is 14.5 Å². The van der Waals surface area contributed by atoms with Gasteiger partial charge in [0.15, 0.2) is 0 Å². The van der Waals surface area contributed by atoms with Crippen molar-refractivity contribution in [2.45, 2.75) is 32.4 Å². The minimum atomic E-state index is 0.281. The average molecular weight is 259 g/mol. The molecule has 1 N–H and O–H groups in total. The van der Waals surface area contributed by atoms with Gasteiger partial charge in [-0.15, -0.1) is 0 Å². The van der Waals surface area contributed by atoms with Crippen LogP contribution in [0.5, 0.6) is 5.75 Å². The molecule has 2 unspecified atom stereocenters. The van der Waals surface area contributed by atoms with Gasteiger partial charge >= 0.3 is 0 Å². The average Bonchev–Trinajstić information content (AvgIpc) is 2.93. The lowest BCUT2D eigenvalue weighted by Crippen LogP contribution is -2.30. The summed E-state index contributed by atoms with van der Waals surface area (Å²) in [4.78, 5) is 0. The Morgan fingerprint density at radius 3 is 2.68 bits per heavy atom. The van der Waals surface area contributed by atoms with Crippen LogP contribution in [0.3, 0.4) is 0 Å². The summed E-state index contributed by atoms with van der Waals surface area (Å²) in [5.41, 5.74) is 2.40. The molecule has 1 aromatic heterocycles. The summed E-state index contributed by atoms with van der Waals surface area (Å²) in [6.07, 6.45) is 4.43. The molecule has 0 aliphatic carbocycles. The fraction of sp³-hybridized carbons (Fsp3) is 0.375. The molecule has 0 spiro atoms. The molecule has 2 rings (SSSR count). The molecule has 0 aliphatic heterocycles. The summed E-state index contributed by atoms with van der Waals surface area (Å²) in [6.45, 7) is 4.33. The van der Waals surface area contributed by atoms with E-state index in [0.717, 1.165) is 12.2 Å². The zero-order valence-corrected chi connectivity index (χ0v) is 11.7. The third-order valence-electron chi connectivity index (χ3n) is 3.30. The number of nitrogens with one attached hydrogen (secondary N) is 1. The highest BCUT2D eigenvalue weighted by Crippen LogP contribution is 2.20. The molecule has 0 saturated heterocycles. The molecule has 0 radical (unpaired) electrons. The molecule has 1 heterocycles. The second-order valence-electron chi connectivity index (χ2n) is 4.86. The standard InChI is InChI=1S/C16H21NO2/c1-12(17-13(2)15-8-9-19-11-15)10-14-6-4-5-7-16(14)18-3/h4-9,11-13,17H,10H2,1-3H3. The zero-order valence-electron chi connectivity index (χ0n) is 11.7. The third kappa shape index (κ3) is 3.61. The number of methoxy groups -OCH3 is 1. The highest BCUT2D eigenvalue weighted by Gasteiger charge is 2.12. The maximum absolute atomic E-state index is 5.38. The van der Waals surface area contributed by atoms with Crippen LogP contribution >= 0.6 is 0 Å². The first kappa shape index (κ1) is 13.7. The van der Waals surface area contributed by atoms with E-state index >= 15 is 0 Å². The van der Waals surface area contributed by atoms with E-state index in [9.17, 15) is 0 Å². The molecule has 102 valence electrons. The van der Waals surface area contributed by atoms with Crippen molar-refractivity contribution in [2.24, 2.45) is 0 Å². The van der Waals surface area contributed by atoms with Crippen LogP contribution in [0.1, 0.15) is 31.0 Å². The second kappa shape index (κ2) is 6.43. The molecule has 2 aromatic rings. The Morgan fingerprint density at radius 2 is 2.00 bits per heavy atom. The van der Waals surface area contributed by atoms with E-state index in [1.807, 2.05) is 24.3 Å². The van der Waals surface area contributed by atoms with Gasteiger partial charge in [-0.25, -0.2) is 0 Å². The van der Waals surface area contributed by atoms with Crippen molar-refractivity contribution in [3.8, 4) is 5.75 Å². The smallest absolute Gasteiger partial charge is 0.122 e. The molecular formula is C16H21NO2. The van der Waals surface area contributed by atoms with Crippen LogP contribution in [0.4, 0.5) is 0 Å². The fourth-order valence-corrected chi connectivity index (χ4v) is 2.30. The van der Waals surface area contributed by atoms with Crippen LogP contribution in [-0.2, 0) is 6.42 Å². The second-order valence-corrected chi connectivity index (χ2v) is 4.86. The van der Waals surface area contributed by atoms with Crippen LogP contribution in [-0.4, -0.2) is 13.2 Å². The number of furan rings is 1. The highest BCUT2D eigenvalue weighted by atomic mass is 16.5. The lowest BCUT2D eigenvalue weighted by molar-refractivity contribution is 0.403. The summed E-state index contributed by atoms with van der Waals surface area (Å²) in [6, 6.07) is 10.8. The monoisotopic (exact) mass is 259 g/mol. The van der Waals surface area contributed by atoms with E-state index in [1.54, 1.807) is 19.6 Å². The molecule has 3 nitrogen and oxygen atoms in total. The van der Waals surface area contributed by atoms with Gasteiger partial charge in [-0.2, -0.15) is 0 Å². The van der Waals surface area contributed by atoms with E-state index in [4.69, 9.17) is 9.15 Å². The first-order chi connectivity index (χ1) is 9.20. The van der Waals surface area contributed by atoms with Gasteiger partial charge in [-0.05, 0) is 38.0 Å². The van der Waals surface area contributed by atoms with Crippen LogP contribution < -0.4 is 10.1 Å². The Balaban J connectivity index is 1.95. The molecule has 0 bridgehead atoms. The van der Waals surface area contributed by atoms with E-state index in [1.165, 1.54) is 11.1 Å². The van der Waals surface area contributed by atoms with Crippen molar-refractivity contribution >= 4 is 0 Å². The lowest BCUT2D eigenvalue weighted by atomic mass is 10.0. The van der Waals surface area contributed by atoms with Crippen molar-refractivity contribution in [2.75, 3.05) is 7.11 Å². The minimum absolute atomic E-state index is 0.281. The molecule has 1 aromatic carbocycles. The molecule has 0 fully saturated rings. The van der Waals surface area contributed by atoms with Gasteiger partial charge in [0, 0.05) is 17.6 Å². The summed E-state index contributed by atoms with van der Waals surface area (Å²) < 4.78 is 10.5. The Labute approximate surface area is 114 Å².